The van der Waals surface area contributed by atoms with Gasteiger partial charge in [-0.15, -0.1) is 6.58 Å². The van der Waals surface area contributed by atoms with E-state index in [1.54, 1.807) is 55.5 Å². The highest BCUT2D eigenvalue weighted by atomic mass is 35.5. The minimum atomic E-state index is -0.725. The van der Waals surface area contributed by atoms with Gasteiger partial charge in [0.25, 0.3) is 5.91 Å². The number of halogens is 2. The summed E-state index contributed by atoms with van der Waals surface area (Å²) < 4.78 is 5.46. The molecule has 2 aromatic rings. The lowest BCUT2D eigenvalue weighted by Gasteiger charge is -2.43. The molecule has 0 bridgehead atoms. The van der Waals surface area contributed by atoms with Gasteiger partial charge in [0.2, 0.25) is 0 Å². The lowest BCUT2D eigenvalue weighted by atomic mass is 9.94. The number of carbonyl (C=O) groups excluding carboxylic acids is 3. The SMILES string of the molecule is C=CCN1C(=O)N[C@@H](c2cccc(Cl)c2)C(C(=O)OCC)=C1CN1CCN(C(=O)c2ccc(Cl)cc2)[C@@H](C)C1. The fourth-order valence-corrected chi connectivity index (χ4v) is 5.35. The molecule has 0 aromatic heterocycles. The Bertz CT molecular complexity index is 1280. The Hall–Kier alpha value is -3.33. The normalized spacial score (nSPS) is 20.1. The zero-order valence-electron chi connectivity index (χ0n) is 22.0. The Morgan fingerprint density at radius 2 is 1.87 bits per heavy atom. The van der Waals surface area contributed by atoms with Crippen LogP contribution in [0.25, 0.3) is 0 Å². The van der Waals surface area contributed by atoms with E-state index in [0.29, 0.717) is 58.6 Å². The quantitative estimate of drug-likeness (QED) is 0.360. The molecule has 0 saturated carbocycles. The molecule has 2 aliphatic rings. The molecule has 1 fully saturated rings. The third-order valence-electron chi connectivity index (χ3n) is 6.86. The summed E-state index contributed by atoms with van der Waals surface area (Å²) in [7, 11) is 0. The van der Waals surface area contributed by atoms with Gasteiger partial charge in [0.1, 0.15) is 0 Å². The number of rotatable bonds is 8. The van der Waals surface area contributed by atoms with E-state index in [9.17, 15) is 14.4 Å². The van der Waals surface area contributed by atoms with Crippen LogP contribution in [-0.2, 0) is 9.53 Å². The first-order valence-corrected chi connectivity index (χ1v) is 13.6. The van der Waals surface area contributed by atoms with E-state index in [2.05, 4.69) is 16.8 Å². The van der Waals surface area contributed by atoms with E-state index >= 15 is 0 Å². The lowest BCUT2D eigenvalue weighted by molar-refractivity contribution is -0.139. The van der Waals surface area contributed by atoms with Crippen LogP contribution in [0.5, 0.6) is 0 Å². The number of amides is 3. The average molecular weight is 572 g/mol. The van der Waals surface area contributed by atoms with Crippen molar-refractivity contribution in [1.29, 1.82) is 0 Å². The van der Waals surface area contributed by atoms with Gasteiger partial charge in [-0.2, -0.15) is 0 Å². The maximum atomic E-state index is 13.4. The van der Waals surface area contributed by atoms with Gasteiger partial charge >= 0.3 is 12.0 Å². The van der Waals surface area contributed by atoms with Crippen molar-refractivity contribution in [3.8, 4) is 0 Å². The maximum Gasteiger partial charge on any atom is 0.338 e. The molecule has 2 heterocycles. The lowest BCUT2D eigenvalue weighted by Crippen LogP contribution is -2.56. The Morgan fingerprint density at radius 1 is 1.13 bits per heavy atom. The molecule has 206 valence electrons. The Balaban J connectivity index is 1.65. The fourth-order valence-electron chi connectivity index (χ4n) is 5.03. The van der Waals surface area contributed by atoms with Gasteiger partial charge in [0.15, 0.2) is 0 Å². The predicted octanol–water partition coefficient (Wildman–Crippen LogP) is 4.91. The second-order valence-corrected chi connectivity index (χ2v) is 10.4. The number of esters is 1. The van der Waals surface area contributed by atoms with Crippen LogP contribution in [0, 0.1) is 0 Å². The van der Waals surface area contributed by atoms with Crippen LogP contribution >= 0.6 is 23.2 Å². The van der Waals surface area contributed by atoms with Crippen molar-refractivity contribution in [2.45, 2.75) is 25.9 Å². The van der Waals surface area contributed by atoms with Crippen LogP contribution < -0.4 is 5.32 Å². The van der Waals surface area contributed by atoms with Crippen molar-refractivity contribution in [3.63, 3.8) is 0 Å². The second-order valence-electron chi connectivity index (χ2n) is 9.51. The molecule has 8 nitrogen and oxygen atoms in total. The first kappa shape index (κ1) is 28.7. The number of piperazine rings is 1. The molecule has 4 rings (SSSR count). The second kappa shape index (κ2) is 12.7. The summed E-state index contributed by atoms with van der Waals surface area (Å²) >= 11 is 12.2. The first-order chi connectivity index (χ1) is 18.7. The van der Waals surface area contributed by atoms with Crippen LogP contribution in [0.1, 0.15) is 35.8 Å². The Kier molecular flexibility index (Phi) is 9.32. The van der Waals surface area contributed by atoms with Crippen molar-refractivity contribution in [2.24, 2.45) is 0 Å². The molecule has 2 atom stereocenters. The van der Waals surface area contributed by atoms with E-state index in [4.69, 9.17) is 27.9 Å². The summed E-state index contributed by atoms with van der Waals surface area (Å²) in [6.45, 7) is 9.88. The molecule has 39 heavy (non-hydrogen) atoms. The largest absolute Gasteiger partial charge is 0.463 e. The first-order valence-electron chi connectivity index (χ1n) is 12.9. The molecule has 0 aliphatic carbocycles. The molecule has 0 radical (unpaired) electrons. The van der Waals surface area contributed by atoms with Crippen LogP contribution in [0.4, 0.5) is 4.79 Å². The van der Waals surface area contributed by atoms with Crippen molar-refractivity contribution in [2.75, 3.05) is 39.3 Å². The standard InChI is InChI=1S/C29H32Cl2N4O4/c1-4-13-35-24(18-33-14-15-34(19(3)17-33)27(36)20-9-11-22(30)12-10-20)25(28(37)39-5-2)26(32-29(35)38)21-7-6-8-23(31)16-21/h4,6-12,16,19,26H,1,5,13-15,17-18H2,2-3H3,(H,32,38)/t19-,26-/m0/s1. The van der Waals surface area contributed by atoms with Crippen molar-refractivity contribution < 1.29 is 19.1 Å². The monoisotopic (exact) mass is 570 g/mol. The van der Waals surface area contributed by atoms with E-state index in [0.717, 1.165) is 0 Å². The summed E-state index contributed by atoms with van der Waals surface area (Å²) in [6, 6.07) is 12.8. The fraction of sp³-hybridized carbons (Fsp3) is 0.345. The van der Waals surface area contributed by atoms with E-state index < -0.39 is 12.0 Å². The number of carbonyl (C=O) groups is 3. The minimum absolute atomic E-state index is 0.0587. The maximum absolute atomic E-state index is 13.4. The van der Waals surface area contributed by atoms with Crippen molar-refractivity contribution in [3.05, 3.63) is 93.6 Å². The summed E-state index contributed by atoms with van der Waals surface area (Å²) in [4.78, 5) is 45.3. The van der Waals surface area contributed by atoms with Crippen molar-refractivity contribution >= 4 is 41.1 Å². The number of hydrogen-bond acceptors (Lipinski definition) is 5. The van der Waals surface area contributed by atoms with Gasteiger partial charge in [-0.05, 0) is 55.8 Å². The van der Waals surface area contributed by atoms with Gasteiger partial charge in [-0.1, -0.05) is 41.4 Å². The van der Waals surface area contributed by atoms with E-state index in [1.807, 2.05) is 17.9 Å². The predicted molar refractivity (Wildman–Crippen MR) is 152 cm³/mol. The third kappa shape index (κ3) is 6.46. The van der Waals surface area contributed by atoms with Crippen LogP contribution in [-0.4, -0.2) is 78.0 Å². The van der Waals surface area contributed by atoms with Crippen molar-refractivity contribution in [1.82, 2.24) is 20.0 Å². The zero-order chi connectivity index (χ0) is 28.1. The zero-order valence-corrected chi connectivity index (χ0v) is 23.5. The summed E-state index contributed by atoms with van der Waals surface area (Å²) in [5, 5.41) is 4.02. The molecule has 1 saturated heterocycles. The Morgan fingerprint density at radius 3 is 2.51 bits per heavy atom. The van der Waals surface area contributed by atoms with E-state index in [-0.39, 0.29) is 31.1 Å². The Labute approximate surface area is 238 Å². The van der Waals surface area contributed by atoms with Gasteiger partial charge in [0, 0.05) is 60.1 Å². The highest BCUT2D eigenvalue weighted by molar-refractivity contribution is 6.31. The number of hydrogen-bond donors (Lipinski definition) is 1. The number of nitrogens with zero attached hydrogens (tertiary/aromatic N) is 3. The molecule has 1 N–H and O–H groups in total. The van der Waals surface area contributed by atoms with Gasteiger partial charge in [-0.3, -0.25) is 14.6 Å². The molecular formula is C29H32Cl2N4O4. The summed E-state index contributed by atoms with van der Waals surface area (Å²) in [5.41, 5.74) is 2.17. The number of nitrogens with one attached hydrogen (secondary N) is 1. The van der Waals surface area contributed by atoms with Gasteiger partial charge in [-0.25, -0.2) is 9.59 Å². The number of ether oxygens (including phenoxy) is 1. The van der Waals surface area contributed by atoms with Crippen LogP contribution in [0.3, 0.4) is 0 Å². The average Bonchev–Trinajstić information content (AvgIpc) is 2.90. The minimum Gasteiger partial charge on any atom is -0.463 e. The highest BCUT2D eigenvalue weighted by Crippen LogP contribution is 2.33. The summed E-state index contributed by atoms with van der Waals surface area (Å²) in [5.74, 6) is -0.562. The third-order valence-corrected chi connectivity index (χ3v) is 7.35. The number of benzene rings is 2. The van der Waals surface area contributed by atoms with Crippen LogP contribution in [0.2, 0.25) is 10.0 Å². The van der Waals surface area contributed by atoms with Crippen LogP contribution in [0.15, 0.2) is 72.5 Å². The molecule has 0 unspecified atom stereocenters. The molecule has 10 heteroatoms. The number of urea groups is 1. The molecule has 3 amide bonds. The smallest absolute Gasteiger partial charge is 0.338 e. The van der Waals surface area contributed by atoms with E-state index in [1.165, 1.54) is 4.90 Å². The summed E-state index contributed by atoms with van der Waals surface area (Å²) in [6.07, 6.45) is 1.62. The van der Waals surface area contributed by atoms with Gasteiger partial charge < -0.3 is 15.0 Å². The highest BCUT2D eigenvalue weighted by Gasteiger charge is 2.39. The van der Waals surface area contributed by atoms with Gasteiger partial charge in [0.05, 0.1) is 18.2 Å². The topological polar surface area (TPSA) is 82.2 Å². The molecule has 0 spiro atoms. The molecule has 2 aromatic carbocycles. The molecular weight excluding hydrogens is 539 g/mol. The molecule has 2 aliphatic heterocycles.